The second-order valence-electron chi connectivity index (χ2n) is 4.49. The summed E-state index contributed by atoms with van der Waals surface area (Å²) in [5.74, 6) is 0.516. The van der Waals surface area contributed by atoms with Gasteiger partial charge in [-0.2, -0.15) is 0 Å². The summed E-state index contributed by atoms with van der Waals surface area (Å²) in [5, 5.41) is 0.745. The van der Waals surface area contributed by atoms with Gasteiger partial charge in [-0.05, 0) is 30.2 Å². The minimum Gasteiger partial charge on any atom is -0.327 e. The fourth-order valence-corrected chi connectivity index (χ4v) is 2.14. The van der Waals surface area contributed by atoms with E-state index in [4.69, 9.17) is 17.3 Å². The van der Waals surface area contributed by atoms with Gasteiger partial charge in [-0.1, -0.05) is 29.8 Å². The molecule has 0 bridgehead atoms. The van der Waals surface area contributed by atoms with Crippen LogP contribution in [0.1, 0.15) is 17.9 Å². The minimum absolute atomic E-state index is 0. The van der Waals surface area contributed by atoms with Crippen LogP contribution in [0.3, 0.4) is 0 Å². The largest absolute Gasteiger partial charge is 0.327 e. The van der Waals surface area contributed by atoms with Crippen molar-refractivity contribution in [3.8, 4) is 11.3 Å². The molecule has 1 aromatic carbocycles. The van der Waals surface area contributed by atoms with Gasteiger partial charge in [-0.15, -0.1) is 12.4 Å². The van der Waals surface area contributed by atoms with Crippen molar-refractivity contribution in [3.05, 3.63) is 53.2 Å². The molecule has 2 nitrogen and oxygen atoms in total. The third-order valence-corrected chi connectivity index (χ3v) is 3.45. The highest BCUT2D eigenvalue weighted by Crippen LogP contribution is 2.38. The van der Waals surface area contributed by atoms with E-state index in [1.807, 2.05) is 36.5 Å². The van der Waals surface area contributed by atoms with Crippen LogP contribution in [0, 0.1) is 0 Å². The van der Waals surface area contributed by atoms with Gasteiger partial charge in [0.2, 0.25) is 0 Å². The predicted octanol–water partition coefficient (Wildman–Crippen LogP) is 3.64. The molecule has 2 atom stereocenters. The van der Waals surface area contributed by atoms with E-state index in [-0.39, 0.29) is 12.4 Å². The van der Waals surface area contributed by atoms with Crippen LogP contribution in [0.4, 0.5) is 0 Å². The fraction of sp³-hybridized carbons (Fsp3) is 0.214. The Bertz CT molecular complexity index is 522. The molecule has 2 aromatic rings. The molecule has 1 aliphatic carbocycles. The summed E-state index contributed by atoms with van der Waals surface area (Å²) in [7, 11) is 0. The highest BCUT2D eigenvalue weighted by molar-refractivity contribution is 6.30. The Morgan fingerprint density at radius 3 is 2.28 bits per heavy atom. The molecule has 0 amide bonds. The molecule has 18 heavy (non-hydrogen) atoms. The van der Waals surface area contributed by atoms with Gasteiger partial charge in [-0.25, -0.2) is 0 Å². The molecule has 1 fully saturated rings. The predicted molar refractivity (Wildman–Crippen MR) is 77.3 cm³/mol. The van der Waals surface area contributed by atoms with E-state index in [0.29, 0.717) is 12.0 Å². The second kappa shape index (κ2) is 5.27. The van der Waals surface area contributed by atoms with Crippen LogP contribution >= 0.6 is 24.0 Å². The number of nitrogens with two attached hydrogens (primary N) is 1. The highest BCUT2D eigenvalue weighted by atomic mass is 35.5. The summed E-state index contributed by atoms with van der Waals surface area (Å²) in [5.41, 5.74) is 9.12. The highest BCUT2D eigenvalue weighted by Gasteiger charge is 2.34. The van der Waals surface area contributed by atoms with Crippen molar-refractivity contribution in [1.29, 1.82) is 0 Å². The molecule has 2 unspecified atom stereocenters. The first-order valence-corrected chi connectivity index (χ1v) is 6.09. The molecule has 0 aliphatic heterocycles. The Morgan fingerprint density at radius 1 is 1.11 bits per heavy atom. The number of pyridine rings is 1. The number of hydrogen-bond donors (Lipinski definition) is 1. The van der Waals surface area contributed by atoms with Crippen molar-refractivity contribution in [2.24, 2.45) is 5.73 Å². The summed E-state index contributed by atoms with van der Waals surface area (Å²) >= 11 is 5.86. The summed E-state index contributed by atoms with van der Waals surface area (Å²) in [6.07, 6.45) is 3.02. The van der Waals surface area contributed by atoms with Gasteiger partial charge in [0.15, 0.2) is 0 Å². The van der Waals surface area contributed by atoms with Gasteiger partial charge >= 0.3 is 0 Å². The molecule has 1 aromatic heterocycles. The van der Waals surface area contributed by atoms with Crippen molar-refractivity contribution >= 4 is 24.0 Å². The molecule has 2 N–H and O–H groups in total. The first kappa shape index (κ1) is 13.3. The van der Waals surface area contributed by atoms with Crippen LogP contribution in [0.15, 0.2) is 42.6 Å². The van der Waals surface area contributed by atoms with E-state index in [9.17, 15) is 0 Å². The first-order chi connectivity index (χ1) is 8.24. The van der Waals surface area contributed by atoms with Crippen molar-refractivity contribution in [2.45, 2.75) is 18.4 Å². The van der Waals surface area contributed by atoms with Crippen LogP contribution < -0.4 is 5.73 Å². The third-order valence-electron chi connectivity index (χ3n) is 3.19. The lowest BCUT2D eigenvalue weighted by atomic mass is 10.1. The zero-order valence-corrected chi connectivity index (χ0v) is 11.3. The Hall–Kier alpha value is -1.09. The van der Waals surface area contributed by atoms with Crippen molar-refractivity contribution in [1.82, 2.24) is 4.98 Å². The minimum atomic E-state index is 0. The van der Waals surface area contributed by atoms with Gasteiger partial charge < -0.3 is 5.73 Å². The lowest BCUT2D eigenvalue weighted by Crippen LogP contribution is -2.01. The molecule has 1 aliphatic rings. The average molecular weight is 281 g/mol. The lowest BCUT2D eigenvalue weighted by molar-refractivity contribution is 0.981. The van der Waals surface area contributed by atoms with Gasteiger partial charge in [0.05, 0.1) is 5.69 Å². The van der Waals surface area contributed by atoms with Crippen LogP contribution in [0.2, 0.25) is 5.02 Å². The van der Waals surface area contributed by atoms with Crippen LogP contribution in [-0.4, -0.2) is 11.0 Å². The van der Waals surface area contributed by atoms with Crippen molar-refractivity contribution < 1.29 is 0 Å². The lowest BCUT2D eigenvalue weighted by Gasteiger charge is -2.03. The van der Waals surface area contributed by atoms with Crippen molar-refractivity contribution in [3.63, 3.8) is 0 Å². The quantitative estimate of drug-likeness (QED) is 0.912. The fourth-order valence-electron chi connectivity index (χ4n) is 2.01. The van der Waals surface area contributed by atoms with Crippen LogP contribution in [0.25, 0.3) is 11.3 Å². The van der Waals surface area contributed by atoms with E-state index < -0.39 is 0 Å². The molecule has 3 rings (SSSR count). The maximum absolute atomic E-state index is 5.86. The zero-order valence-electron chi connectivity index (χ0n) is 9.71. The second-order valence-corrected chi connectivity index (χ2v) is 4.93. The van der Waals surface area contributed by atoms with E-state index in [2.05, 4.69) is 11.1 Å². The molecule has 1 saturated carbocycles. The monoisotopic (exact) mass is 280 g/mol. The van der Waals surface area contributed by atoms with Gasteiger partial charge in [0, 0.05) is 28.7 Å². The normalized spacial score (nSPS) is 21.2. The Kier molecular flexibility index (Phi) is 3.91. The number of halogens is 2. The Labute approximate surface area is 118 Å². The standard InChI is InChI=1S/C14H13ClN2.ClH/c15-11-4-1-9(2-5-11)14-6-3-10(8-17-14)12-7-13(12)16;/h1-6,8,12-13H,7,16H2;1H. The van der Waals surface area contributed by atoms with Crippen molar-refractivity contribution in [2.75, 3.05) is 0 Å². The maximum Gasteiger partial charge on any atom is 0.0702 e. The smallest absolute Gasteiger partial charge is 0.0702 e. The number of rotatable bonds is 2. The Morgan fingerprint density at radius 2 is 1.78 bits per heavy atom. The zero-order chi connectivity index (χ0) is 11.8. The van der Waals surface area contributed by atoms with Crippen LogP contribution in [-0.2, 0) is 0 Å². The third kappa shape index (κ3) is 2.66. The Balaban J connectivity index is 0.00000120. The summed E-state index contributed by atoms with van der Waals surface area (Å²) in [4.78, 5) is 4.48. The molecular weight excluding hydrogens is 267 g/mol. The van der Waals surface area contributed by atoms with E-state index >= 15 is 0 Å². The number of hydrogen-bond acceptors (Lipinski definition) is 2. The van der Waals surface area contributed by atoms with E-state index in [1.165, 1.54) is 5.56 Å². The van der Waals surface area contributed by atoms with Gasteiger partial charge in [0.25, 0.3) is 0 Å². The van der Waals surface area contributed by atoms with Gasteiger partial charge in [-0.3, -0.25) is 4.98 Å². The summed E-state index contributed by atoms with van der Waals surface area (Å²) in [6.45, 7) is 0. The maximum atomic E-state index is 5.86. The number of benzene rings is 1. The molecule has 0 saturated heterocycles. The van der Waals surface area contributed by atoms with Gasteiger partial charge in [0.1, 0.15) is 0 Å². The van der Waals surface area contributed by atoms with E-state index in [0.717, 1.165) is 22.7 Å². The summed E-state index contributed by atoms with van der Waals surface area (Å²) < 4.78 is 0. The first-order valence-electron chi connectivity index (χ1n) is 5.71. The molecule has 0 spiro atoms. The average Bonchev–Trinajstić information content (AvgIpc) is 3.08. The number of nitrogens with zero attached hydrogens (tertiary/aromatic N) is 1. The molecule has 4 heteroatoms. The van der Waals surface area contributed by atoms with E-state index in [1.54, 1.807) is 0 Å². The molecule has 94 valence electrons. The molecule has 0 radical (unpaired) electrons. The van der Waals surface area contributed by atoms with Crippen LogP contribution in [0.5, 0.6) is 0 Å². The molecular formula is C14H14Cl2N2. The topological polar surface area (TPSA) is 38.9 Å². The summed E-state index contributed by atoms with van der Waals surface area (Å²) in [6, 6.07) is 12.2. The SMILES string of the molecule is Cl.NC1CC1c1ccc(-c2ccc(Cl)cc2)nc1. The number of aromatic nitrogens is 1. The molecule has 1 heterocycles.